The van der Waals surface area contributed by atoms with Gasteiger partial charge in [-0.2, -0.15) is 13.2 Å². The molecule has 0 aromatic rings. The minimum atomic E-state index is -4.86. The topological polar surface area (TPSA) is 69.6 Å². The fraction of sp³-hybridized carbons (Fsp3) is 0.818. The van der Waals surface area contributed by atoms with E-state index in [4.69, 9.17) is 5.11 Å². The maximum Gasteiger partial charge on any atom is 0.406 e. The van der Waals surface area contributed by atoms with Gasteiger partial charge in [0.1, 0.15) is 0 Å². The number of carbonyl (C=O) groups excluding carboxylic acids is 1. The van der Waals surface area contributed by atoms with E-state index in [0.29, 0.717) is 0 Å². The van der Waals surface area contributed by atoms with Crippen LogP contribution in [0.4, 0.5) is 18.0 Å². The predicted octanol–water partition coefficient (Wildman–Crippen LogP) is 1.59. The number of likely N-dealkylation sites (tertiary alicyclic amines) is 1. The van der Waals surface area contributed by atoms with Crippen molar-refractivity contribution < 1.29 is 27.9 Å². The predicted molar refractivity (Wildman–Crippen MR) is 58.5 cm³/mol. The molecule has 2 N–H and O–H groups in total. The number of halogens is 3. The summed E-state index contributed by atoms with van der Waals surface area (Å²) in [6.07, 6.45) is -3.89. The zero-order valence-corrected chi connectivity index (χ0v) is 10.4. The Kier molecular flexibility index (Phi) is 2.94. The Balaban J connectivity index is 2.09. The lowest BCUT2D eigenvalue weighted by molar-refractivity contribution is -0.226. The standard InChI is InChI=1S/C11H15F3N2O3/c1-9(2-3-9)15-8(19)16-5-4-10(6-16,7(17)18)11(12,13)14/h2-6H2,1H3,(H,15,19)(H,17,18). The number of hydrogen-bond donors (Lipinski definition) is 2. The maximum atomic E-state index is 12.9. The average molecular weight is 280 g/mol. The summed E-state index contributed by atoms with van der Waals surface area (Å²) >= 11 is 0. The van der Waals surface area contributed by atoms with Crippen LogP contribution in [0.3, 0.4) is 0 Å². The first-order valence-electron chi connectivity index (χ1n) is 5.97. The van der Waals surface area contributed by atoms with Gasteiger partial charge in [-0.15, -0.1) is 0 Å². The molecule has 2 aliphatic rings. The molecule has 0 radical (unpaired) electrons. The van der Waals surface area contributed by atoms with Gasteiger partial charge in [0.05, 0.1) is 0 Å². The number of rotatable bonds is 2. The molecule has 2 amide bonds. The van der Waals surface area contributed by atoms with Gasteiger partial charge in [0.15, 0.2) is 5.41 Å². The van der Waals surface area contributed by atoms with Crippen molar-refractivity contribution in [2.75, 3.05) is 13.1 Å². The molecule has 1 aliphatic carbocycles. The van der Waals surface area contributed by atoms with E-state index in [2.05, 4.69) is 5.32 Å². The lowest BCUT2D eigenvalue weighted by Crippen LogP contribution is -2.50. The average Bonchev–Trinajstić information content (AvgIpc) is 2.81. The summed E-state index contributed by atoms with van der Waals surface area (Å²) in [7, 11) is 0. The Hall–Kier alpha value is -1.47. The van der Waals surface area contributed by atoms with E-state index >= 15 is 0 Å². The zero-order chi connectivity index (χ0) is 14.5. The van der Waals surface area contributed by atoms with Crippen molar-refractivity contribution in [3.8, 4) is 0 Å². The van der Waals surface area contributed by atoms with E-state index in [0.717, 1.165) is 17.7 Å². The van der Waals surface area contributed by atoms with Crippen molar-refractivity contribution in [2.45, 2.75) is 37.9 Å². The Morgan fingerprint density at radius 1 is 1.26 bits per heavy atom. The second kappa shape index (κ2) is 4.01. The third-order valence-corrected chi connectivity index (χ3v) is 3.92. The third kappa shape index (κ3) is 2.35. The van der Waals surface area contributed by atoms with Crippen LogP contribution in [0.25, 0.3) is 0 Å². The minimum Gasteiger partial charge on any atom is -0.481 e. The Morgan fingerprint density at radius 3 is 2.21 bits per heavy atom. The van der Waals surface area contributed by atoms with E-state index < -0.39 is 36.6 Å². The largest absolute Gasteiger partial charge is 0.481 e. The molecule has 0 spiro atoms. The summed E-state index contributed by atoms with van der Waals surface area (Å²) in [5.41, 5.74) is -3.18. The van der Waals surface area contributed by atoms with Gasteiger partial charge in [-0.05, 0) is 26.2 Å². The molecule has 2 rings (SSSR count). The molecular formula is C11H15F3N2O3. The second-order valence-electron chi connectivity index (χ2n) is 5.55. The van der Waals surface area contributed by atoms with E-state index in [1.54, 1.807) is 6.92 Å². The molecule has 1 aliphatic heterocycles. The van der Waals surface area contributed by atoms with Gasteiger partial charge in [0, 0.05) is 18.6 Å². The molecule has 5 nitrogen and oxygen atoms in total. The Labute approximate surface area is 107 Å². The molecule has 1 heterocycles. The highest BCUT2D eigenvalue weighted by molar-refractivity contribution is 5.81. The molecule has 0 aromatic carbocycles. The van der Waals surface area contributed by atoms with Crippen molar-refractivity contribution in [1.29, 1.82) is 0 Å². The molecule has 108 valence electrons. The van der Waals surface area contributed by atoms with E-state index in [1.165, 1.54) is 0 Å². The van der Waals surface area contributed by atoms with Gasteiger partial charge in [0.2, 0.25) is 0 Å². The lowest BCUT2D eigenvalue weighted by Gasteiger charge is -2.27. The quantitative estimate of drug-likeness (QED) is 0.807. The van der Waals surface area contributed by atoms with Crippen LogP contribution in [0.2, 0.25) is 0 Å². The number of aliphatic carboxylic acids is 1. The summed E-state index contributed by atoms with van der Waals surface area (Å²) in [4.78, 5) is 23.7. The molecule has 19 heavy (non-hydrogen) atoms. The Morgan fingerprint density at radius 2 is 1.84 bits per heavy atom. The van der Waals surface area contributed by atoms with Crippen LogP contribution in [-0.2, 0) is 4.79 Å². The Bertz CT molecular complexity index is 420. The number of nitrogens with zero attached hydrogens (tertiary/aromatic N) is 1. The SMILES string of the molecule is CC1(NC(=O)N2CCC(C(=O)O)(C(F)(F)F)C2)CC1. The molecule has 2 fully saturated rings. The van der Waals surface area contributed by atoms with Crippen LogP contribution in [0, 0.1) is 5.41 Å². The smallest absolute Gasteiger partial charge is 0.406 e. The normalized spacial score (nSPS) is 29.2. The molecule has 1 saturated carbocycles. The van der Waals surface area contributed by atoms with Crippen molar-refractivity contribution in [1.82, 2.24) is 10.2 Å². The number of urea groups is 1. The lowest BCUT2D eigenvalue weighted by atomic mass is 9.86. The van der Waals surface area contributed by atoms with Crippen LogP contribution in [0.15, 0.2) is 0 Å². The first-order valence-corrected chi connectivity index (χ1v) is 5.97. The fourth-order valence-corrected chi connectivity index (χ4v) is 2.16. The van der Waals surface area contributed by atoms with Crippen molar-refractivity contribution >= 4 is 12.0 Å². The van der Waals surface area contributed by atoms with Gasteiger partial charge in [0.25, 0.3) is 0 Å². The molecule has 1 atom stereocenters. The fourth-order valence-electron chi connectivity index (χ4n) is 2.16. The van der Waals surface area contributed by atoms with Gasteiger partial charge >= 0.3 is 18.2 Å². The van der Waals surface area contributed by atoms with E-state index in [1.807, 2.05) is 0 Å². The number of hydrogen-bond acceptors (Lipinski definition) is 2. The zero-order valence-electron chi connectivity index (χ0n) is 10.4. The van der Waals surface area contributed by atoms with Crippen LogP contribution in [0.5, 0.6) is 0 Å². The highest BCUT2D eigenvalue weighted by Crippen LogP contribution is 2.46. The van der Waals surface area contributed by atoms with Crippen molar-refractivity contribution in [3.05, 3.63) is 0 Å². The van der Waals surface area contributed by atoms with Gasteiger partial charge < -0.3 is 15.3 Å². The minimum absolute atomic E-state index is 0.201. The first kappa shape index (κ1) is 14.0. The number of carboxylic acids is 1. The highest BCUT2D eigenvalue weighted by atomic mass is 19.4. The summed E-state index contributed by atoms with van der Waals surface area (Å²) in [5, 5.41) is 11.5. The van der Waals surface area contributed by atoms with E-state index in [9.17, 15) is 22.8 Å². The van der Waals surface area contributed by atoms with Gasteiger partial charge in [-0.3, -0.25) is 4.79 Å². The third-order valence-electron chi connectivity index (χ3n) is 3.92. The van der Waals surface area contributed by atoms with Gasteiger partial charge in [-0.25, -0.2) is 4.79 Å². The summed E-state index contributed by atoms with van der Waals surface area (Å²) in [6, 6.07) is -0.618. The molecule has 0 bridgehead atoms. The van der Waals surface area contributed by atoms with Crippen LogP contribution in [-0.4, -0.2) is 46.8 Å². The van der Waals surface area contributed by atoms with Crippen LogP contribution >= 0.6 is 0 Å². The summed E-state index contributed by atoms with van der Waals surface area (Å²) in [6.45, 7) is 0.774. The van der Waals surface area contributed by atoms with Gasteiger partial charge in [-0.1, -0.05) is 0 Å². The monoisotopic (exact) mass is 280 g/mol. The number of alkyl halides is 3. The van der Waals surface area contributed by atoms with Crippen molar-refractivity contribution in [2.24, 2.45) is 5.41 Å². The molecule has 0 aromatic heterocycles. The molecular weight excluding hydrogens is 265 g/mol. The second-order valence-corrected chi connectivity index (χ2v) is 5.55. The highest BCUT2D eigenvalue weighted by Gasteiger charge is 2.64. The van der Waals surface area contributed by atoms with Crippen molar-refractivity contribution in [3.63, 3.8) is 0 Å². The number of nitrogens with one attached hydrogen (secondary N) is 1. The van der Waals surface area contributed by atoms with E-state index in [-0.39, 0.29) is 12.1 Å². The first-order chi connectivity index (χ1) is 8.60. The van der Waals surface area contributed by atoms with Crippen LogP contribution in [0.1, 0.15) is 26.2 Å². The van der Waals surface area contributed by atoms with Crippen LogP contribution < -0.4 is 5.32 Å². The molecule has 8 heteroatoms. The number of carboxylic acid groups (broad SMARTS) is 1. The maximum absolute atomic E-state index is 12.9. The molecule has 1 unspecified atom stereocenters. The number of amides is 2. The summed E-state index contributed by atoms with van der Waals surface area (Å²) in [5.74, 6) is -1.92. The summed E-state index contributed by atoms with van der Waals surface area (Å²) < 4.78 is 38.7. The molecule has 1 saturated heterocycles. The number of carbonyl (C=O) groups is 2.